The second kappa shape index (κ2) is 7.90. The van der Waals surface area contributed by atoms with E-state index < -0.39 is 0 Å². The molecular formula is C22H26N8O. The van der Waals surface area contributed by atoms with Crippen LogP contribution in [0.2, 0.25) is 0 Å². The Morgan fingerprint density at radius 2 is 1.81 bits per heavy atom. The fraction of sp³-hybridized carbons (Fsp3) is 0.455. The van der Waals surface area contributed by atoms with E-state index in [9.17, 15) is 0 Å². The number of benzene rings is 1. The van der Waals surface area contributed by atoms with Crippen molar-refractivity contribution in [1.82, 2.24) is 34.8 Å². The van der Waals surface area contributed by atoms with E-state index in [1.165, 1.54) is 25.9 Å². The molecule has 0 amide bonds. The highest BCUT2D eigenvalue weighted by atomic mass is 16.5. The Labute approximate surface area is 180 Å². The monoisotopic (exact) mass is 418 g/mol. The van der Waals surface area contributed by atoms with Crippen molar-refractivity contribution in [1.29, 1.82) is 0 Å². The van der Waals surface area contributed by atoms with Crippen molar-refractivity contribution in [2.24, 2.45) is 0 Å². The first-order valence-electron chi connectivity index (χ1n) is 11.1. The third kappa shape index (κ3) is 3.43. The van der Waals surface area contributed by atoms with Crippen molar-refractivity contribution in [2.75, 3.05) is 50.8 Å². The van der Waals surface area contributed by atoms with Crippen molar-refractivity contribution in [3.8, 4) is 11.3 Å². The number of ether oxygens (including phenoxy) is 1. The van der Waals surface area contributed by atoms with E-state index in [1.54, 1.807) is 0 Å². The SMILES string of the molecule is c1cc(-c2nc(N3CCOCC3)nc3c2cnn3CCN2CCCC2)c2cn[nH]c2c1. The average molecular weight is 419 g/mol. The molecule has 2 fully saturated rings. The van der Waals surface area contributed by atoms with Crippen LogP contribution >= 0.6 is 0 Å². The molecule has 4 aromatic rings. The Morgan fingerprint density at radius 1 is 0.935 bits per heavy atom. The summed E-state index contributed by atoms with van der Waals surface area (Å²) in [6.45, 7) is 7.18. The molecule has 2 aliphatic rings. The molecule has 160 valence electrons. The van der Waals surface area contributed by atoms with E-state index in [-0.39, 0.29) is 0 Å². The zero-order valence-corrected chi connectivity index (χ0v) is 17.5. The Bertz CT molecular complexity index is 1200. The van der Waals surface area contributed by atoms with Crippen LogP contribution in [0.4, 0.5) is 5.95 Å². The molecule has 2 aliphatic heterocycles. The van der Waals surface area contributed by atoms with Crippen LogP contribution in [-0.2, 0) is 11.3 Å². The summed E-state index contributed by atoms with van der Waals surface area (Å²) in [6.07, 6.45) is 6.37. The topological polar surface area (TPSA) is 88.0 Å². The van der Waals surface area contributed by atoms with E-state index >= 15 is 0 Å². The third-order valence-corrected chi connectivity index (χ3v) is 6.34. The number of hydrogen-bond acceptors (Lipinski definition) is 7. The summed E-state index contributed by atoms with van der Waals surface area (Å²) in [6, 6.07) is 6.17. The minimum Gasteiger partial charge on any atom is -0.378 e. The summed E-state index contributed by atoms with van der Waals surface area (Å²) < 4.78 is 7.58. The van der Waals surface area contributed by atoms with Gasteiger partial charge in [0.25, 0.3) is 0 Å². The number of likely N-dealkylation sites (tertiary alicyclic amines) is 1. The molecule has 2 saturated heterocycles. The molecule has 6 rings (SSSR count). The van der Waals surface area contributed by atoms with Crippen LogP contribution < -0.4 is 4.90 Å². The van der Waals surface area contributed by atoms with E-state index in [0.29, 0.717) is 13.2 Å². The van der Waals surface area contributed by atoms with E-state index in [1.807, 2.05) is 29.2 Å². The molecule has 5 heterocycles. The maximum absolute atomic E-state index is 5.54. The minimum atomic E-state index is 0.697. The van der Waals surface area contributed by atoms with Gasteiger partial charge in [-0.05, 0) is 32.0 Å². The standard InChI is InChI=1S/C22H26N8O/c1-2-7-28(6-1)8-9-30-21-18(15-24-30)20(16-4-3-5-19-17(16)14-23-27-19)25-22(26-21)29-10-12-31-13-11-29/h3-5,14-15H,1-2,6-13H2,(H,23,27). The van der Waals surface area contributed by atoms with Gasteiger partial charge in [0.05, 0.1) is 48.7 Å². The number of anilines is 1. The molecule has 31 heavy (non-hydrogen) atoms. The molecule has 0 bridgehead atoms. The molecular weight excluding hydrogens is 392 g/mol. The molecule has 9 heteroatoms. The maximum atomic E-state index is 5.54. The fourth-order valence-corrected chi connectivity index (χ4v) is 4.63. The number of aromatic nitrogens is 6. The summed E-state index contributed by atoms with van der Waals surface area (Å²) in [4.78, 5) is 14.7. The lowest BCUT2D eigenvalue weighted by atomic mass is 10.1. The predicted molar refractivity (Wildman–Crippen MR) is 119 cm³/mol. The minimum absolute atomic E-state index is 0.697. The maximum Gasteiger partial charge on any atom is 0.228 e. The third-order valence-electron chi connectivity index (χ3n) is 6.34. The van der Waals surface area contributed by atoms with Crippen molar-refractivity contribution in [3.05, 3.63) is 30.6 Å². The molecule has 9 nitrogen and oxygen atoms in total. The second-order valence-corrected chi connectivity index (χ2v) is 8.26. The highest BCUT2D eigenvalue weighted by Gasteiger charge is 2.21. The Hall–Kier alpha value is -3.04. The van der Waals surface area contributed by atoms with Gasteiger partial charge in [0.15, 0.2) is 5.65 Å². The van der Waals surface area contributed by atoms with Gasteiger partial charge in [-0.1, -0.05) is 12.1 Å². The number of fused-ring (bicyclic) bond motifs is 2. The Balaban J connectivity index is 1.47. The quantitative estimate of drug-likeness (QED) is 0.532. The molecule has 0 radical (unpaired) electrons. The number of hydrogen-bond donors (Lipinski definition) is 1. The molecule has 0 spiro atoms. The molecule has 3 aromatic heterocycles. The summed E-state index contributed by atoms with van der Waals surface area (Å²) >= 11 is 0. The summed E-state index contributed by atoms with van der Waals surface area (Å²) in [5.74, 6) is 0.745. The lowest BCUT2D eigenvalue weighted by Gasteiger charge is -2.27. The molecule has 0 aliphatic carbocycles. The molecule has 0 saturated carbocycles. The zero-order chi connectivity index (χ0) is 20.6. The van der Waals surface area contributed by atoms with Crippen molar-refractivity contribution in [3.63, 3.8) is 0 Å². The van der Waals surface area contributed by atoms with E-state index in [0.717, 1.165) is 65.3 Å². The number of rotatable bonds is 5. The zero-order valence-electron chi connectivity index (χ0n) is 17.5. The van der Waals surface area contributed by atoms with Crippen LogP contribution in [0.3, 0.4) is 0 Å². The summed E-state index contributed by atoms with van der Waals surface area (Å²) in [5, 5.41) is 14.1. The van der Waals surface area contributed by atoms with Gasteiger partial charge in [0.2, 0.25) is 5.95 Å². The van der Waals surface area contributed by atoms with Crippen LogP contribution in [0, 0.1) is 0 Å². The first-order chi connectivity index (χ1) is 15.4. The lowest BCUT2D eigenvalue weighted by Crippen LogP contribution is -2.37. The van der Waals surface area contributed by atoms with Crippen LogP contribution in [0.1, 0.15) is 12.8 Å². The summed E-state index contributed by atoms with van der Waals surface area (Å²) in [5.41, 5.74) is 3.85. The number of nitrogens with zero attached hydrogens (tertiary/aromatic N) is 7. The van der Waals surface area contributed by atoms with Gasteiger partial charge in [-0.15, -0.1) is 0 Å². The molecule has 0 atom stereocenters. The van der Waals surface area contributed by atoms with Crippen molar-refractivity contribution < 1.29 is 4.74 Å². The average Bonchev–Trinajstić information content (AvgIpc) is 3.58. The lowest BCUT2D eigenvalue weighted by molar-refractivity contribution is 0.122. The number of morpholine rings is 1. The number of H-pyrrole nitrogens is 1. The molecule has 1 N–H and O–H groups in total. The molecule has 1 aromatic carbocycles. The Morgan fingerprint density at radius 3 is 2.68 bits per heavy atom. The predicted octanol–water partition coefficient (Wildman–Crippen LogP) is 2.30. The highest BCUT2D eigenvalue weighted by Crippen LogP contribution is 2.33. The second-order valence-electron chi connectivity index (χ2n) is 8.26. The highest BCUT2D eigenvalue weighted by molar-refractivity contribution is 6.01. The molecule has 0 unspecified atom stereocenters. The van der Waals surface area contributed by atoms with E-state index in [2.05, 4.69) is 26.1 Å². The number of nitrogens with one attached hydrogen (secondary N) is 1. The summed E-state index contributed by atoms with van der Waals surface area (Å²) in [7, 11) is 0. The first-order valence-corrected chi connectivity index (χ1v) is 11.1. The number of aromatic amines is 1. The Kier molecular flexibility index (Phi) is 4.77. The smallest absolute Gasteiger partial charge is 0.228 e. The van der Waals surface area contributed by atoms with Crippen LogP contribution in [0.5, 0.6) is 0 Å². The fourth-order valence-electron chi connectivity index (χ4n) is 4.63. The van der Waals surface area contributed by atoms with Gasteiger partial charge in [0.1, 0.15) is 0 Å². The van der Waals surface area contributed by atoms with Crippen LogP contribution in [-0.4, -0.2) is 80.8 Å². The van der Waals surface area contributed by atoms with Gasteiger partial charge >= 0.3 is 0 Å². The van der Waals surface area contributed by atoms with Crippen molar-refractivity contribution in [2.45, 2.75) is 19.4 Å². The van der Waals surface area contributed by atoms with Crippen molar-refractivity contribution >= 4 is 27.9 Å². The van der Waals surface area contributed by atoms with Gasteiger partial charge in [-0.25, -0.2) is 9.67 Å². The van der Waals surface area contributed by atoms with Gasteiger partial charge in [-0.3, -0.25) is 5.10 Å². The van der Waals surface area contributed by atoms with Gasteiger partial charge in [0, 0.05) is 30.6 Å². The normalized spacial score (nSPS) is 17.9. The van der Waals surface area contributed by atoms with E-state index in [4.69, 9.17) is 19.8 Å². The largest absolute Gasteiger partial charge is 0.378 e. The van der Waals surface area contributed by atoms with Gasteiger partial charge in [-0.2, -0.15) is 15.2 Å². The first kappa shape index (κ1) is 18.7. The van der Waals surface area contributed by atoms with Crippen LogP contribution in [0.25, 0.3) is 33.2 Å². The van der Waals surface area contributed by atoms with Crippen LogP contribution in [0.15, 0.2) is 30.6 Å². The van der Waals surface area contributed by atoms with Gasteiger partial charge < -0.3 is 14.5 Å².